The molecule has 1 N–H and O–H groups in total. The van der Waals surface area contributed by atoms with Crippen LogP contribution in [0, 0.1) is 0 Å². The van der Waals surface area contributed by atoms with Crippen LogP contribution in [0.1, 0.15) is 34.3 Å². The summed E-state index contributed by atoms with van der Waals surface area (Å²) in [5.74, 6) is 1.01. The highest BCUT2D eigenvalue weighted by Gasteiger charge is 2.32. The predicted octanol–water partition coefficient (Wildman–Crippen LogP) is 2.69. The van der Waals surface area contributed by atoms with E-state index in [1.807, 2.05) is 23.1 Å². The molecule has 1 aromatic heterocycles. The second-order valence-electron chi connectivity index (χ2n) is 7.28. The summed E-state index contributed by atoms with van der Waals surface area (Å²) in [7, 11) is 0. The maximum Gasteiger partial charge on any atom is 0.289 e. The predicted molar refractivity (Wildman–Crippen MR) is 110 cm³/mol. The summed E-state index contributed by atoms with van der Waals surface area (Å²) in [6.45, 7) is 7.23. The van der Waals surface area contributed by atoms with E-state index in [2.05, 4.69) is 10.2 Å². The molecule has 0 radical (unpaired) electrons. The lowest BCUT2D eigenvalue weighted by Crippen LogP contribution is -2.49. The Balaban J connectivity index is 0.00000225. The molecule has 0 bridgehead atoms. The van der Waals surface area contributed by atoms with Gasteiger partial charge in [0.2, 0.25) is 0 Å². The van der Waals surface area contributed by atoms with Crippen LogP contribution in [0.5, 0.6) is 0 Å². The van der Waals surface area contributed by atoms with E-state index in [1.54, 1.807) is 25.1 Å². The number of rotatable bonds is 4. The van der Waals surface area contributed by atoms with Crippen molar-refractivity contribution in [2.45, 2.75) is 19.4 Å². The summed E-state index contributed by atoms with van der Waals surface area (Å²) >= 11 is 0. The third-order valence-corrected chi connectivity index (χ3v) is 5.51. The number of carbonyl (C=O) groups excluding carboxylic acids is 2. The summed E-state index contributed by atoms with van der Waals surface area (Å²) in [5.41, 5.74) is 1.52. The van der Waals surface area contributed by atoms with Gasteiger partial charge in [0.1, 0.15) is 5.76 Å². The van der Waals surface area contributed by atoms with Gasteiger partial charge in [-0.1, -0.05) is 24.3 Å². The maximum absolute atomic E-state index is 12.8. The molecule has 0 spiro atoms. The average Bonchev–Trinajstić information content (AvgIpc) is 3.38. The number of hydrogen-bond donors (Lipinski definition) is 1. The molecular weight excluding hydrogens is 378 g/mol. The molecular formula is C21H26ClN3O3. The van der Waals surface area contributed by atoms with Crippen LogP contribution in [0.25, 0.3) is 11.3 Å². The van der Waals surface area contributed by atoms with Gasteiger partial charge in [-0.15, -0.1) is 12.4 Å². The lowest BCUT2D eigenvalue weighted by atomic mass is 10.1. The van der Waals surface area contributed by atoms with Gasteiger partial charge < -0.3 is 14.6 Å². The lowest BCUT2D eigenvalue weighted by molar-refractivity contribution is 0.0743. The van der Waals surface area contributed by atoms with Crippen molar-refractivity contribution in [3.8, 4) is 11.3 Å². The third-order valence-electron chi connectivity index (χ3n) is 5.51. The molecule has 3 heterocycles. The molecule has 1 unspecified atom stereocenters. The third kappa shape index (κ3) is 4.29. The van der Waals surface area contributed by atoms with Crippen molar-refractivity contribution >= 4 is 24.1 Å². The number of Topliss-reactive ketones (excluding diaryl/α,β-unsaturated/α-hetero) is 1. The number of amides is 1. The van der Waals surface area contributed by atoms with E-state index in [9.17, 15) is 9.59 Å². The molecule has 1 atom stereocenters. The van der Waals surface area contributed by atoms with Crippen LogP contribution in [-0.2, 0) is 0 Å². The van der Waals surface area contributed by atoms with Crippen molar-refractivity contribution in [1.82, 2.24) is 15.1 Å². The van der Waals surface area contributed by atoms with Crippen LogP contribution < -0.4 is 5.32 Å². The molecule has 0 saturated carbocycles. The molecule has 150 valence electrons. The fourth-order valence-corrected chi connectivity index (χ4v) is 3.90. The van der Waals surface area contributed by atoms with Crippen molar-refractivity contribution in [3.63, 3.8) is 0 Å². The summed E-state index contributed by atoms with van der Waals surface area (Å²) in [5, 5.41) is 3.37. The van der Waals surface area contributed by atoms with Crippen molar-refractivity contribution in [3.05, 3.63) is 47.7 Å². The zero-order valence-electron chi connectivity index (χ0n) is 16.0. The van der Waals surface area contributed by atoms with Crippen LogP contribution in [0.2, 0.25) is 0 Å². The zero-order valence-corrected chi connectivity index (χ0v) is 16.8. The highest BCUT2D eigenvalue weighted by molar-refractivity contribution is 5.94. The SMILES string of the molecule is CC(=O)c1ccc(-c2ccc(C(=O)N3CCC(N4CCNCC4)C3)o2)cc1.Cl. The van der Waals surface area contributed by atoms with E-state index in [0.29, 0.717) is 23.1 Å². The van der Waals surface area contributed by atoms with Gasteiger partial charge in [-0.25, -0.2) is 0 Å². The van der Waals surface area contributed by atoms with Gasteiger partial charge in [0.25, 0.3) is 5.91 Å². The molecule has 2 aliphatic heterocycles. The molecule has 28 heavy (non-hydrogen) atoms. The van der Waals surface area contributed by atoms with Crippen LogP contribution in [0.4, 0.5) is 0 Å². The standard InChI is InChI=1S/C21H25N3O3.ClH/c1-15(25)16-2-4-17(5-3-16)19-6-7-20(27-19)21(26)24-11-8-18(14-24)23-12-9-22-10-13-23;/h2-7,18,22H,8-14H2,1H3;1H. The largest absolute Gasteiger partial charge is 0.451 e. The summed E-state index contributed by atoms with van der Waals surface area (Å²) in [4.78, 5) is 28.6. The molecule has 2 aromatic rings. The monoisotopic (exact) mass is 403 g/mol. The number of halogens is 1. The molecule has 6 nitrogen and oxygen atoms in total. The zero-order chi connectivity index (χ0) is 18.8. The first-order chi connectivity index (χ1) is 13.1. The highest BCUT2D eigenvalue weighted by atomic mass is 35.5. The fraction of sp³-hybridized carbons (Fsp3) is 0.429. The van der Waals surface area contributed by atoms with Crippen molar-refractivity contribution in [2.75, 3.05) is 39.3 Å². The number of furan rings is 1. The molecule has 2 saturated heterocycles. The Morgan fingerprint density at radius 2 is 1.75 bits per heavy atom. The molecule has 1 aromatic carbocycles. The quantitative estimate of drug-likeness (QED) is 0.795. The molecule has 1 amide bonds. The number of ketones is 1. The van der Waals surface area contributed by atoms with E-state index in [4.69, 9.17) is 4.42 Å². The number of likely N-dealkylation sites (tertiary alicyclic amines) is 1. The first-order valence-electron chi connectivity index (χ1n) is 9.57. The first-order valence-corrected chi connectivity index (χ1v) is 9.57. The molecule has 2 fully saturated rings. The minimum atomic E-state index is -0.0424. The fourth-order valence-electron chi connectivity index (χ4n) is 3.90. The van der Waals surface area contributed by atoms with E-state index in [0.717, 1.165) is 51.3 Å². The summed E-state index contributed by atoms with van der Waals surface area (Å²) in [6.07, 6.45) is 1.02. The summed E-state index contributed by atoms with van der Waals surface area (Å²) < 4.78 is 5.83. The highest BCUT2D eigenvalue weighted by Crippen LogP contribution is 2.25. The second-order valence-corrected chi connectivity index (χ2v) is 7.28. The Morgan fingerprint density at radius 3 is 2.43 bits per heavy atom. The minimum Gasteiger partial charge on any atom is -0.451 e. The number of nitrogens with one attached hydrogen (secondary N) is 1. The van der Waals surface area contributed by atoms with Gasteiger partial charge in [-0.05, 0) is 25.5 Å². The van der Waals surface area contributed by atoms with Gasteiger partial charge >= 0.3 is 0 Å². The number of hydrogen-bond acceptors (Lipinski definition) is 5. The van der Waals surface area contributed by atoms with E-state index >= 15 is 0 Å². The topological polar surface area (TPSA) is 65.8 Å². The Bertz CT molecular complexity index is 828. The van der Waals surface area contributed by atoms with Gasteiger partial charge in [0.15, 0.2) is 11.5 Å². The van der Waals surface area contributed by atoms with Crippen molar-refractivity contribution in [1.29, 1.82) is 0 Å². The second kappa shape index (κ2) is 8.90. The molecule has 4 rings (SSSR count). The number of carbonyl (C=O) groups is 2. The number of benzene rings is 1. The normalized spacial score (nSPS) is 20.0. The first kappa shape index (κ1) is 20.6. The van der Waals surface area contributed by atoms with Gasteiger partial charge in [-0.3, -0.25) is 14.5 Å². The Hall–Kier alpha value is -2.15. The van der Waals surface area contributed by atoms with Gasteiger partial charge in [-0.2, -0.15) is 0 Å². The van der Waals surface area contributed by atoms with Crippen molar-refractivity contribution < 1.29 is 14.0 Å². The molecule has 0 aliphatic carbocycles. The molecule has 7 heteroatoms. The lowest BCUT2D eigenvalue weighted by Gasteiger charge is -2.32. The minimum absolute atomic E-state index is 0. The average molecular weight is 404 g/mol. The maximum atomic E-state index is 12.8. The van der Waals surface area contributed by atoms with E-state index in [-0.39, 0.29) is 24.1 Å². The van der Waals surface area contributed by atoms with E-state index in [1.165, 1.54) is 0 Å². The summed E-state index contributed by atoms with van der Waals surface area (Å²) in [6, 6.07) is 11.3. The van der Waals surface area contributed by atoms with Gasteiger partial charge in [0, 0.05) is 56.4 Å². The van der Waals surface area contributed by atoms with Crippen LogP contribution in [0.15, 0.2) is 40.8 Å². The Kier molecular flexibility index (Phi) is 6.54. The van der Waals surface area contributed by atoms with Crippen LogP contribution in [0.3, 0.4) is 0 Å². The van der Waals surface area contributed by atoms with Crippen LogP contribution in [-0.4, -0.2) is 66.8 Å². The Morgan fingerprint density at radius 1 is 1.04 bits per heavy atom. The van der Waals surface area contributed by atoms with Crippen LogP contribution >= 0.6 is 12.4 Å². The van der Waals surface area contributed by atoms with Crippen molar-refractivity contribution in [2.24, 2.45) is 0 Å². The van der Waals surface area contributed by atoms with Gasteiger partial charge in [0.05, 0.1) is 0 Å². The smallest absolute Gasteiger partial charge is 0.289 e. The molecule has 2 aliphatic rings. The Labute approximate surface area is 171 Å². The number of nitrogens with zero attached hydrogens (tertiary/aromatic N) is 2. The van der Waals surface area contributed by atoms with E-state index < -0.39 is 0 Å². The number of piperazine rings is 1.